The summed E-state index contributed by atoms with van der Waals surface area (Å²) in [5.41, 5.74) is -1.60. The Hall–Kier alpha value is -0.620. The second-order valence-corrected chi connectivity index (χ2v) is 7.26. The highest BCUT2D eigenvalue weighted by Crippen LogP contribution is 2.24. The Balaban J connectivity index is 2.73. The molecule has 6 heteroatoms. The highest BCUT2D eigenvalue weighted by Gasteiger charge is 2.42. The average molecular weight is 249 g/mol. The van der Waals surface area contributed by atoms with Crippen LogP contribution < -0.4 is 5.32 Å². The quantitative estimate of drug-likeness (QED) is 0.770. The van der Waals surface area contributed by atoms with Crippen LogP contribution in [0.4, 0.5) is 0 Å². The highest BCUT2D eigenvalue weighted by atomic mass is 32.2. The van der Waals surface area contributed by atoms with Crippen LogP contribution in [0, 0.1) is 0 Å². The molecule has 5 nitrogen and oxygen atoms in total. The molecule has 16 heavy (non-hydrogen) atoms. The lowest BCUT2D eigenvalue weighted by molar-refractivity contribution is -0.141. The number of sulfone groups is 1. The van der Waals surface area contributed by atoms with Gasteiger partial charge < -0.3 is 10.1 Å². The summed E-state index contributed by atoms with van der Waals surface area (Å²) in [5, 5.41) is 2.76. The number of rotatable bonds is 3. The minimum atomic E-state index is -3.01. The molecule has 0 spiro atoms. The first-order valence-corrected chi connectivity index (χ1v) is 7.01. The van der Waals surface area contributed by atoms with Gasteiger partial charge in [0.15, 0.2) is 9.84 Å². The molecular weight excluding hydrogens is 230 g/mol. The van der Waals surface area contributed by atoms with Crippen LogP contribution in [0.1, 0.15) is 27.2 Å². The molecule has 0 saturated carbocycles. The number of amides is 1. The lowest BCUT2D eigenvalue weighted by Gasteiger charge is -2.30. The Kier molecular flexibility index (Phi) is 3.36. The van der Waals surface area contributed by atoms with Gasteiger partial charge in [-0.05, 0) is 27.2 Å². The fourth-order valence-electron chi connectivity index (χ4n) is 1.63. The van der Waals surface area contributed by atoms with Gasteiger partial charge in [0.1, 0.15) is 5.60 Å². The number of ether oxygens (including phenoxy) is 1. The second-order valence-electron chi connectivity index (χ2n) is 5.07. The van der Waals surface area contributed by atoms with Crippen molar-refractivity contribution < 1.29 is 17.9 Å². The zero-order chi connectivity index (χ0) is 12.6. The van der Waals surface area contributed by atoms with Crippen LogP contribution in [0.2, 0.25) is 0 Å². The molecule has 1 unspecified atom stereocenters. The van der Waals surface area contributed by atoms with Crippen molar-refractivity contribution in [2.75, 3.05) is 18.6 Å². The molecule has 1 rings (SSSR count). The van der Waals surface area contributed by atoms with Crippen molar-refractivity contribution in [3.8, 4) is 0 Å². The van der Waals surface area contributed by atoms with E-state index in [4.69, 9.17) is 4.74 Å². The maximum atomic E-state index is 11.8. The molecule has 0 radical (unpaired) electrons. The van der Waals surface area contributed by atoms with Gasteiger partial charge in [-0.25, -0.2) is 8.42 Å². The van der Waals surface area contributed by atoms with Gasteiger partial charge >= 0.3 is 0 Å². The maximum absolute atomic E-state index is 11.8. The average Bonchev–Trinajstić information content (AvgIpc) is 2.40. The van der Waals surface area contributed by atoms with Gasteiger partial charge in [0.2, 0.25) is 0 Å². The Morgan fingerprint density at radius 1 is 1.44 bits per heavy atom. The predicted molar refractivity (Wildman–Crippen MR) is 60.9 cm³/mol. The molecule has 0 aromatic rings. The van der Waals surface area contributed by atoms with E-state index in [0.29, 0.717) is 6.42 Å². The van der Waals surface area contributed by atoms with E-state index in [1.807, 2.05) is 0 Å². The smallest absolute Gasteiger partial charge is 0.252 e. The SMILES string of the molecule is COC(C)(C)C(=O)NC1(C)CCS(=O)(=O)C1. The summed E-state index contributed by atoms with van der Waals surface area (Å²) in [5.74, 6) is -0.141. The van der Waals surface area contributed by atoms with E-state index in [1.165, 1.54) is 7.11 Å². The topological polar surface area (TPSA) is 72.5 Å². The predicted octanol–water partition coefficient (Wildman–Crippen LogP) is 0.105. The molecule has 1 atom stereocenters. The summed E-state index contributed by atoms with van der Waals surface area (Å²) < 4.78 is 27.8. The van der Waals surface area contributed by atoms with Crippen LogP contribution in [0.3, 0.4) is 0 Å². The first-order valence-electron chi connectivity index (χ1n) is 5.18. The van der Waals surface area contributed by atoms with Crippen molar-refractivity contribution in [1.29, 1.82) is 0 Å². The summed E-state index contributed by atoms with van der Waals surface area (Å²) in [4.78, 5) is 11.8. The molecular formula is C10H19NO4S. The number of carbonyl (C=O) groups is 1. The highest BCUT2D eigenvalue weighted by molar-refractivity contribution is 7.91. The van der Waals surface area contributed by atoms with Crippen LogP contribution in [0.25, 0.3) is 0 Å². The summed E-state index contributed by atoms with van der Waals surface area (Å²) in [7, 11) is -1.56. The molecule has 0 aromatic heterocycles. The standard InChI is InChI=1S/C10H19NO4S/c1-9(2,15-4)8(12)11-10(3)5-6-16(13,14)7-10/h5-7H2,1-4H3,(H,11,12). The molecule has 1 aliphatic rings. The fourth-order valence-corrected chi connectivity index (χ4v) is 3.72. The molecule has 0 bridgehead atoms. The zero-order valence-corrected chi connectivity index (χ0v) is 11.0. The van der Waals surface area contributed by atoms with Gasteiger partial charge in [0.05, 0.1) is 17.0 Å². The van der Waals surface area contributed by atoms with E-state index < -0.39 is 21.0 Å². The summed E-state index contributed by atoms with van der Waals surface area (Å²) in [6, 6.07) is 0. The molecule has 1 N–H and O–H groups in total. The van der Waals surface area contributed by atoms with E-state index in [-0.39, 0.29) is 17.4 Å². The van der Waals surface area contributed by atoms with E-state index >= 15 is 0 Å². The first-order chi connectivity index (χ1) is 7.10. The molecule has 1 saturated heterocycles. The molecule has 0 aliphatic carbocycles. The lowest BCUT2D eigenvalue weighted by Crippen LogP contribution is -2.54. The summed E-state index contributed by atoms with van der Waals surface area (Å²) >= 11 is 0. The van der Waals surface area contributed by atoms with Crippen LogP contribution in [-0.2, 0) is 19.4 Å². The van der Waals surface area contributed by atoms with Crippen molar-refractivity contribution in [1.82, 2.24) is 5.32 Å². The molecule has 1 aliphatic heterocycles. The minimum absolute atomic E-state index is 0.00549. The number of carbonyl (C=O) groups excluding carboxylic acids is 1. The number of nitrogens with one attached hydrogen (secondary N) is 1. The molecule has 1 heterocycles. The molecule has 0 aromatic carbocycles. The van der Waals surface area contributed by atoms with Gasteiger partial charge in [-0.3, -0.25) is 4.79 Å². The minimum Gasteiger partial charge on any atom is -0.369 e. The van der Waals surface area contributed by atoms with Gasteiger partial charge in [-0.15, -0.1) is 0 Å². The van der Waals surface area contributed by atoms with Crippen molar-refractivity contribution in [3.63, 3.8) is 0 Å². The van der Waals surface area contributed by atoms with Crippen LogP contribution in [0.15, 0.2) is 0 Å². The fraction of sp³-hybridized carbons (Fsp3) is 0.900. The largest absolute Gasteiger partial charge is 0.369 e. The normalized spacial score (nSPS) is 29.0. The Labute approximate surface area is 96.5 Å². The summed E-state index contributed by atoms with van der Waals surface area (Å²) in [6.07, 6.45) is 0.459. The van der Waals surface area contributed by atoms with Gasteiger partial charge in [-0.2, -0.15) is 0 Å². The maximum Gasteiger partial charge on any atom is 0.252 e. The molecule has 1 fully saturated rings. The first kappa shape index (κ1) is 13.4. The third kappa shape index (κ3) is 2.95. The van der Waals surface area contributed by atoms with Crippen LogP contribution >= 0.6 is 0 Å². The number of hydrogen-bond acceptors (Lipinski definition) is 4. The Morgan fingerprint density at radius 3 is 2.38 bits per heavy atom. The third-order valence-electron chi connectivity index (χ3n) is 2.98. The second kappa shape index (κ2) is 4.00. The van der Waals surface area contributed by atoms with E-state index in [1.54, 1.807) is 20.8 Å². The van der Waals surface area contributed by atoms with Gasteiger partial charge in [0, 0.05) is 7.11 Å². The van der Waals surface area contributed by atoms with Crippen molar-refractivity contribution >= 4 is 15.7 Å². The van der Waals surface area contributed by atoms with E-state index in [0.717, 1.165) is 0 Å². The Bertz CT molecular complexity index is 388. The third-order valence-corrected chi connectivity index (χ3v) is 4.88. The zero-order valence-electron chi connectivity index (χ0n) is 10.2. The van der Waals surface area contributed by atoms with Crippen molar-refractivity contribution in [2.45, 2.75) is 38.3 Å². The monoisotopic (exact) mass is 249 g/mol. The number of methoxy groups -OCH3 is 1. The van der Waals surface area contributed by atoms with E-state index in [2.05, 4.69) is 5.32 Å². The van der Waals surface area contributed by atoms with Gasteiger partial charge in [-0.1, -0.05) is 0 Å². The number of hydrogen-bond donors (Lipinski definition) is 1. The van der Waals surface area contributed by atoms with Gasteiger partial charge in [0.25, 0.3) is 5.91 Å². The summed E-state index contributed by atoms with van der Waals surface area (Å²) in [6.45, 7) is 5.05. The van der Waals surface area contributed by atoms with Crippen LogP contribution in [-0.4, -0.2) is 44.1 Å². The molecule has 94 valence electrons. The molecule has 1 amide bonds. The lowest BCUT2D eigenvalue weighted by atomic mass is 9.99. The van der Waals surface area contributed by atoms with Crippen molar-refractivity contribution in [3.05, 3.63) is 0 Å². The van der Waals surface area contributed by atoms with Crippen LogP contribution in [0.5, 0.6) is 0 Å². The van der Waals surface area contributed by atoms with Crippen molar-refractivity contribution in [2.24, 2.45) is 0 Å². The Morgan fingerprint density at radius 2 is 2.00 bits per heavy atom. The van der Waals surface area contributed by atoms with E-state index in [9.17, 15) is 13.2 Å².